The van der Waals surface area contributed by atoms with Crippen LogP contribution in [0.5, 0.6) is 5.75 Å². The molecule has 1 rings (SSSR count). The largest absolute Gasteiger partial charge is 0.508 e. The first-order chi connectivity index (χ1) is 8.78. The summed E-state index contributed by atoms with van der Waals surface area (Å²) in [6, 6.07) is 6.12. The van der Waals surface area contributed by atoms with Crippen molar-refractivity contribution in [1.29, 1.82) is 0 Å². The molecule has 0 bridgehead atoms. The number of esters is 1. The van der Waals surface area contributed by atoms with Gasteiger partial charge in [-0.25, -0.2) is 0 Å². The third kappa shape index (κ3) is 8.50. The number of carbonyl (C=O) groups excluding carboxylic acids is 2. The highest BCUT2D eigenvalue weighted by Gasteiger charge is 2.19. The number of ether oxygens (including phenoxy) is 1. The zero-order valence-electron chi connectivity index (χ0n) is 12.0. The van der Waals surface area contributed by atoms with Gasteiger partial charge in [0.1, 0.15) is 18.1 Å². The highest BCUT2D eigenvalue weighted by atomic mass is 35.5. The number of phenolic OH excluding ortho intramolecular Hbond substituents is 1. The molecule has 0 saturated carbocycles. The van der Waals surface area contributed by atoms with Crippen molar-refractivity contribution < 1.29 is 19.4 Å². The van der Waals surface area contributed by atoms with Crippen LogP contribution in [0.2, 0.25) is 0 Å². The smallest absolute Gasteiger partial charge is 0.308 e. The average Bonchev–Trinajstić information content (AvgIpc) is 2.29. The lowest BCUT2D eigenvalue weighted by Gasteiger charge is -2.21. The lowest BCUT2D eigenvalue weighted by atomic mass is 10.0. The molecule has 1 atom stereocenters. The van der Waals surface area contributed by atoms with E-state index < -0.39 is 11.6 Å². The van der Waals surface area contributed by atoms with Crippen LogP contribution in [-0.2, 0) is 14.3 Å². The fourth-order valence-corrected chi connectivity index (χ4v) is 1.44. The summed E-state index contributed by atoms with van der Waals surface area (Å²) >= 11 is 0. The summed E-state index contributed by atoms with van der Waals surface area (Å²) in [5, 5.41) is 9.31. The third-order valence-corrected chi connectivity index (χ3v) is 2.10. The maximum atomic E-state index is 11.6. The first-order valence-corrected chi connectivity index (χ1v) is 5.83. The molecule has 20 heavy (non-hydrogen) atoms. The van der Waals surface area contributed by atoms with Gasteiger partial charge in [0.15, 0.2) is 0 Å². The molecule has 0 aliphatic carbocycles. The Morgan fingerprint density at radius 3 is 2.40 bits per heavy atom. The molecule has 1 aromatic carbocycles. The molecule has 0 heterocycles. The van der Waals surface area contributed by atoms with Crippen molar-refractivity contribution >= 4 is 25.2 Å². The van der Waals surface area contributed by atoms with Crippen molar-refractivity contribution in [1.82, 2.24) is 0 Å². The van der Waals surface area contributed by atoms with Gasteiger partial charge in [-0.1, -0.05) is 12.1 Å². The molecule has 1 unspecified atom stereocenters. The standard InChI is InChI=1S/C13H19NO3.CH2O.ClH/c1-13(2,3)17-12(16)8-11(14)9-5-4-6-10(15)7-9;1-2;/h4-7,11,15H,8,14H2,1-3H3;1H2;1H. The summed E-state index contributed by atoms with van der Waals surface area (Å²) in [5.41, 5.74) is 6.09. The Hall–Kier alpha value is -1.59. The summed E-state index contributed by atoms with van der Waals surface area (Å²) in [7, 11) is 0. The quantitative estimate of drug-likeness (QED) is 0.837. The minimum Gasteiger partial charge on any atom is -0.508 e. The maximum Gasteiger partial charge on any atom is 0.308 e. The molecule has 0 spiro atoms. The van der Waals surface area contributed by atoms with Crippen molar-refractivity contribution in [3.63, 3.8) is 0 Å². The van der Waals surface area contributed by atoms with Crippen LogP contribution >= 0.6 is 12.4 Å². The number of halogens is 1. The second kappa shape index (κ2) is 9.34. The van der Waals surface area contributed by atoms with Gasteiger partial charge < -0.3 is 20.4 Å². The number of hydrogen-bond donors (Lipinski definition) is 2. The second-order valence-electron chi connectivity index (χ2n) is 4.99. The molecule has 0 radical (unpaired) electrons. The second-order valence-corrected chi connectivity index (χ2v) is 4.99. The zero-order chi connectivity index (χ0) is 15.1. The summed E-state index contributed by atoms with van der Waals surface area (Å²) in [5.74, 6) is -0.199. The molecule has 6 heteroatoms. The molecule has 0 aliphatic heterocycles. The average molecular weight is 304 g/mol. The van der Waals surface area contributed by atoms with E-state index in [9.17, 15) is 9.90 Å². The first kappa shape index (κ1) is 20.7. The van der Waals surface area contributed by atoms with Gasteiger partial charge in [-0.2, -0.15) is 0 Å². The van der Waals surface area contributed by atoms with E-state index in [1.807, 2.05) is 27.6 Å². The lowest BCUT2D eigenvalue weighted by molar-refractivity contribution is -0.155. The zero-order valence-corrected chi connectivity index (χ0v) is 12.8. The first-order valence-electron chi connectivity index (χ1n) is 5.83. The van der Waals surface area contributed by atoms with Crippen LogP contribution < -0.4 is 5.73 Å². The van der Waals surface area contributed by atoms with E-state index in [0.717, 1.165) is 5.56 Å². The van der Waals surface area contributed by atoms with Crippen molar-refractivity contribution in [2.24, 2.45) is 5.73 Å². The minimum atomic E-state index is -0.504. The molecule has 0 amide bonds. The topological polar surface area (TPSA) is 89.6 Å². The third-order valence-electron chi connectivity index (χ3n) is 2.10. The lowest BCUT2D eigenvalue weighted by Crippen LogP contribution is -2.26. The molecular weight excluding hydrogens is 282 g/mol. The van der Waals surface area contributed by atoms with Crippen molar-refractivity contribution in [3.05, 3.63) is 29.8 Å². The molecule has 0 aromatic heterocycles. The van der Waals surface area contributed by atoms with Crippen molar-refractivity contribution in [3.8, 4) is 5.75 Å². The normalized spacial score (nSPS) is 11.4. The number of aromatic hydroxyl groups is 1. The van der Waals surface area contributed by atoms with E-state index in [1.54, 1.807) is 24.3 Å². The molecule has 5 nitrogen and oxygen atoms in total. The molecule has 0 fully saturated rings. The molecule has 1 aromatic rings. The molecule has 0 saturated heterocycles. The molecule has 0 aliphatic rings. The Morgan fingerprint density at radius 1 is 1.40 bits per heavy atom. The summed E-state index contributed by atoms with van der Waals surface area (Å²) in [6.45, 7) is 7.43. The van der Waals surface area contributed by atoms with Crippen molar-refractivity contribution in [2.45, 2.75) is 38.8 Å². The van der Waals surface area contributed by atoms with E-state index in [1.165, 1.54) is 0 Å². The van der Waals surface area contributed by atoms with Crippen LogP contribution in [0.15, 0.2) is 24.3 Å². The van der Waals surface area contributed by atoms with Gasteiger partial charge in [0, 0.05) is 6.04 Å². The van der Waals surface area contributed by atoms with Gasteiger partial charge in [0.05, 0.1) is 6.42 Å². The van der Waals surface area contributed by atoms with E-state index >= 15 is 0 Å². The van der Waals surface area contributed by atoms with Gasteiger partial charge in [0.2, 0.25) is 0 Å². The van der Waals surface area contributed by atoms with E-state index in [2.05, 4.69) is 0 Å². The summed E-state index contributed by atoms with van der Waals surface area (Å²) in [6.07, 6.45) is 0.0979. The van der Waals surface area contributed by atoms with Gasteiger partial charge >= 0.3 is 5.97 Å². The van der Waals surface area contributed by atoms with Gasteiger partial charge in [-0.15, -0.1) is 12.4 Å². The Morgan fingerprint density at radius 2 is 1.95 bits per heavy atom. The van der Waals surface area contributed by atoms with E-state index in [0.29, 0.717) is 0 Å². The summed E-state index contributed by atoms with van der Waals surface area (Å²) in [4.78, 5) is 19.6. The highest BCUT2D eigenvalue weighted by molar-refractivity contribution is 5.85. The number of phenols is 1. The SMILES string of the molecule is C=O.CC(C)(C)OC(=O)CC(N)c1cccc(O)c1.Cl. The maximum absolute atomic E-state index is 11.6. The van der Waals surface area contributed by atoms with Crippen LogP contribution in [0.1, 0.15) is 38.8 Å². The van der Waals surface area contributed by atoms with Crippen LogP contribution in [0, 0.1) is 0 Å². The predicted molar refractivity (Wildman–Crippen MR) is 79.9 cm³/mol. The predicted octanol–water partition coefficient (Wildman–Crippen LogP) is 2.36. The van der Waals surface area contributed by atoms with Crippen molar-refractivity contribution in [2.75, 3.05) is 0 Å². The monoisotopic (exact) mass is 303 g/mol. The summed E-state index contributed by atoms with van der Waals surface area (Å²) < 4.78 is 5.18. The van der Waals surface area contributed by atoms with Gasteiger partial charge in [-0.05, 0) is 38.5 Å². The van der Waals surface area contributed by atoms with Crippen LogP contribution in [0.25, 0.3) is 0 Å². The number of nitrogens with two attached hydrogens (primary N) is 1. The van der Waals surface area contributed by atoms with Crippen LogP contribution in [0.4, 0.5) is 0 Å². The molecule has 3 N–H and O–H groups in total. The van der Waals surface area contributed by atoms with Gasteiger partial charge in [0.25, 0.3) is 0 Å². The molecular formula is C14H22ClNO4. The fraction of sp³-hybridized carbons (Fsp3) is 0.429. The number of rotatable bonds is 3. The Kier molecular flexibility index (Phi) is 9.67. The highest BCUT2D eigenvalue weighted by Crippen LogP contribution is 2.20. The minimum absolute atomic E-state index is 0. The van der Waals surface area contributed by atoms with Gasteiger partial charge in [-0.3, -0.25) is 4.79 Å². The van der Waals surface area contributed by atoms with Crippen LogP contribution in [0.3, 0.4) is 0 Å². The Balaban J connectivity index is 0. The fourth-order valence-electron chi connectivity index (χ4n) is 1.44. The van der Waals surface area contributed by atoms with E-state index in [4.69, 9.17) is 15.3 Å². The number of benzene rings is 1. The Bertz CT molecular complexity index is 418. The van der Waals surface area contributed by atoms with E-state index in [-0.39, 0.29) is 30.5 Å². The number of carbonyl (C=O) groups is 2. The Labute approximate surface area is 125 Å². The molecule has 114 valence electrons. The number of hydrogen-bond acceptors (Lipinski definition) is 5. The van der Waals surface area contributed by atoms with Crippen LogP contribution in [-0.4, -0.2) is 23.5 Å².